The number of rotatable bonds is 6. The Labute approximate surface area is 181 Å². The third kappa shape index (κ3) is 5.48. The normalized spacial score (nSPS) is 17.1. The van der Waals surface area contributed by atoms with Crippen LogP contribution in [0.4, 0.5) is 5.69 Å². The molecule has 2 heterocycles. The smallest absolute Gasteiger partial charge is 0.288 e. The van der Waals surface area contributed by atoms with Gasteiger partial charge in [-0.15, -0.1) is 0 Å². The minimum Gasteiger partial charge on any atom is -0.379 e. The van der Waals surface area contributed by atoms with Crippen molar-refractivity contribution in [1.29, 1.82) is 0 Å². The van der Waals surface area contributed by atoms with Crippen molar-refractivity contribution in [2.24, 2.45) is 4.99 Å². The summed E-state index contributed by atoms with van der Waals surface area (Å²) in [6, 6.07) is 15.7. The fourth-order valence-electron chi connectivity index (χ4n) is 3.57. The molecule has 31 heavy (non-hydrogen) atoms. The molecular weight excluding hydrogens is 394 g/mol. The van der Waals surface area contributed by atoms with Gasteiger partial charge in [0, 0.05) is 26.2 Å². The molecule has 2 aliphatic rings. The van der Waals surface area contributed by atoms with Gasteiger partial charge in [0.25, 0.3) is 11.8 Å². The van der Waals surface area contributed by atoms with E-state index in [1.54, 1.807) is 0 Å². The molecule has 0 radical (unpaired) electrons. The van der Waals surface area contributed by atoms with Crippen LogP contribution in [0.1, 0.15) is 16.7 Å². The summed E-state index contributed by atoms with van der Waals surface area (Å²) in [6.45, 7) is 6.57. The van der Waals surface area contributed by atoms with E-state index in [0.29, 0.717) is 12.2 Å². The Morgan fingerprint density at radius 3 is 2.65 bits per heavy atom. The summed E-state index contributed by atoms with van der Waals surface area (Å²) in [5.41, 5.74) is 6.83. The van der Waals surface area contributed by atoms with Gasteiger partial charge in [-0.3, -0.25) is 24.9 Å². The van der Waals surface area contributed by atoms with Crippen LogP contribution in [0.3, 0.4) is 0 Å². The number of ether oxygens (including phenoxy) is 1. The van der Waals surface area contributed by atoms with Gasteiger partial charge in [-0.2, -0.15) is 0 Å². The Morgan fingerprint density at radius 1 is 1.13 bits per heavy atom. The molecule has 0 unspecified atom stereocenters. The Morgan fingerprint density at radius 2 is 1.87 bits per heavy atom. The Bertz CT molecular complexity index is 967. The fraction of sp³-hybridized carbons (Fsp3) is 0.348. The van der Waals surface area contributed by atoms with Crippen LogP contribution in [0.2, 0.25) is 0 Å². The number of hydrogen-bond acceptors (Lipinski definition) is 6. The maximum Gasteiger partial charge on any atom is 0.288 e. The molecule has 0 aromatic heterocycles. The molecule has 0 spiro atoms. The van der Waals surface area contributed by atoms with Crippen molar-refractivity contribution in [3.63, 3.8) is 0 Å². The van der Waals surface area contributed by atoms with E-state index in [0.717, 1.165) is 44.0 Å². The van der Waals surface area contributed by atoms with Crippen molar-refractivity contribution in [3.8, 4) is 0 Å². The third-order valence-electron chi connectivity index (χ3n) is 5.30. The Hall–Kier alpha value is -3.23. The molecule has 0 aliphatic carbocycles. The largest absolute Gasteiger partial charge is 0.379 e. The topological polar surface area (TPSA) is 86.3 Å². The van der Waals surface area contributed by atoms with Gasteiger partial charge in [-0.05, 0) is 30.2 Å². The van der Waals surface area contributed by atoms with Gasteiger partial charge in [0.1, 0.15) is 6.54 Å². The number of amides is 2. The molecule has 2 aliphatic heterocycles. The third-order valence-corrected chi connectivity index (χ3v) is 5.30. The molecule has 8 nitrogen and oxygen atoms in total. The van der Waals surface area contributed by atoms with Crippen LogP contribution >= 0.6 is 0 Å². The van der Waals surface area contributed by atoms with E-state index in [4.69, 9.17) is 4.74 Å². The van der Waals surface area contributed by atoms with E-state index in [2.05, 4.69) is 32.8 Å². The number of hydrazine groups is 1. The van der Waals surface area contributed by atoms with Crippen molar-refractivity contribution in [2.75, 3.05) is 37.9 Å². The molecule has 8 heteroatoms. The summed E-state index contributed by atoms with van der Waals surface area (Å²) in [7, 11) is 0. The highest BCUT2D eigenvalue weighted by atomic mass is 16.5. The van der Waals surface area contributed by atoms with E-state index < -0.39 is 0 Å². The Kier molecular flexibility index (Phi) is 6.59. The van der Waals surface area contributed by atoms with Crippen molar-refractivity contribution in [3.05, 3.63) is 65.2 Å². The number of nitrogens with zero attached hydrogens (tertiary/aromatic N) is 3. The zero-order valence-corrected chi connectivity index (χ0v) is 17.6. The van der Waals surface area contributed by atoms with Crippen molar-refractivity contribution < 1.29 is 14.3 Å². The number of nitrogens with one attached hydrogen (secondary N) is 2. The molecule has 1 saturated heterocycles. The minimum atomic E-state index is -0.344. The van der Waals surface area contributed by atoms with Gasteiger partial charge in [0.05, 0.1) is 18.9 Å². The van der Waals surface area contributed by atoms with E-state index in [9.17, 15) is 9.59 Å². The predicted molar refractivity (Wildman–Crippen MR) is 118 cm³/mol. The van der Waals surface area contributed by atoms with Crippen LogP contribution in [0, 0.1) is 6.92 Å². The maximum absolute atomic E-state index is 12.6. The Balaban J connectivity index is 1.34. The molecule has 0 saturated carbocycles. The molecule has 0 bridgehead atoms. The van der Waals surface area contributed by atoms with E-state index >= 15 is 0 Å². The number of aryl methyl sites for hydroxylation is 1. The highest BCUT2D eigenvalue weighted by molar-refractivity contribution is 6.39. The second kappa shape index (κ2) is 9.72. The molecule has 2 N–H and O–H groups in total. The van der Waals surface area contributed by atoms with Crippen LogP contribution in [0.25, 0.3) is 0 Å². The van der Waals surface area contributed by atoms with E-state index in [-0.39, 0.29) is 24.2 Å². The number of hydrogen-bond donors (Lipinski definition) is 2. The summed E-state index contributed by atoms with van der Waals surface area (Å²) in [4.78, 5) is 31.3. The van der Waals surface area contributed by atoms with E-state index in [1.807, 2.05) is 43.3 Å². The van der Waals surface area contributed by atoms with E-state index in [1.165, 1.54) is 10.6 Å². The van der Waals surface area contributed by atoms with Gasteiger partial charge >= 0.3 is 0 Å². The lowest BCUT2D eigenvalue weighted by Gasteiger charge is -2.27. The van der Waals surface area contributed by atoms with Crippen molar-refractivity contribution in [1.82, 2.24) is 15.6 Å². The van der Waals surface area contributed by atoms with Crippen LogP contribution in [0.15, 0.2) is 53.5 Å². The quantitative estimate of drug-likeness (QED) is 0.736. The van der Waals surface area contributed by atoms with Crippen molar-refractivity contribution >= 4 is 23.3 Å². The average molecular weight is 422 g/mol. The maximum atomic E-state index is 12.6. The zero-order valence-electron chi connectivity index (χ0n) is 17.6. The molecule has 2 aromatic carbocycles. The molecule has 162 valence electrons. The van der Waals surface area contributed by atoms with Crippen LogP contribution < -0.4 is 15.8 Å². The first kappa shape index (κ1) is 21.0. The minimum absolute atomic E-state index is 0.0708. The molecular formula is C23H27N5O3. The van der Waals surface area contributed by atoms with Gasteiger partial charge in [-0.25, -0.2) is 5.01 Å². The van der Waals surface area contributed by atoms with Gasteiger partial charge < -0.3 is 10.1 Å². The lowest BCUT2D eigenvalue weighted by molar-refractivity contribution is -0.118. The molecule has 1 fully saturated rings. The van der Waals surface area contributed by atoms with Gasteiger partial charge in [0.15, 0.2) is 0 Å². The first-order valence-electron chi connectivity index (χ1n) is 10.5. The second-order valence-corrected chi connectivity index (χ2v) is 7.73. The number of benzene rings is 2. The summed E-state index contributed by atoms with van der Waals surface area (Å²) in [5.74, 6) is -0.427. The summed E-state index contributed by atoms with van der Waals surface area (Å²) < 4.78 is 5.40. The molecule has 4 rings (SSSR count). The highest BCUT2D eigenvalue weighted by Crippen LogP contribution is 2.15. The van der Waals surface area contributed by atoms with Gasteiger partial charge in [0.2, 0.25) is 5.84 Å². The van der Waals surface area contributed by atoms with Crippen LogP contribution in [0.5, 0.6) is 0 Å². The first-order valence-corrected chi connectivity index (χ1v) is 10.5. The number of amidine groups is 1. The standard InChI is InChI=1S/C23H27N5O3/c1-17-5-7-20(8-6-17)28-21(29)15-24-22(26-28)23(30)25-14-18-3-2-4-19(13-18)16-27-9-11-31-12-10-27/h2-8,13H,9-12,14-16H2,1H3,(H,24,26)(H,25,30). The molecule has 2 aromatic rings. The fourth-order valence-corrected chi connectivity index (χ4v) is 3.57. The van der Waals surface area contributed by atoms with Crippen LogP contribution in [-0.2, 0) is 27.4 Å². The predicted octanol–water partition coefficient (Wildman–Crippen LogP) is 1.39. The van der Waals surface area contributed by atoms with Gasteiger partial charge in [-0.1, -0.05) is 42.0 Å². The van der Waals surface area contributed by atoms with Crippen molar-refractivity contribution in [2.45, 2.75) is 20.0 Å². The number of aliphatic imine (C=N–C) groups is 1. The zero-order chi connectivity index (χ0) is 21.6. The first-order chi connectivity index (χ1) is 15.1. The number of carbonyl (C=O) groups excluding carboxylic acids is 2. The molecule has 2 amide bonds. The number of morpholine rings is 1. The highest BCUT2D eigenvalue weighted by Gasteiger charge is 2.25. The summed E-state index contributed by atoms with van der Waals surface area (Å²) in [6.07, 6.45) is 0. The lowest BCUT2D eigenvalue weighted by atomic mass is 10.1. The van der Waals surface area contributed by atoms with Crippen LogP contribution in [-0.4, -0.2) is 55.4 Å². The molecule has 0 atom stereocenters. The average Bonchev–Trinajstić information content (AvgIpc) is 2.79. The summed E-state index contributed by atoms with van der Waals surface area (Å²) in [5, 5.41) is 4.26. The monoisotopic (exact) mass is 421 g/mol. The number of anilines is 1. The number of carbonyl (C=O) groups is 2. The second-order valence-electron chi connectivity index (χ2n) is 7.73. The lowest BCUT2D eigenvalue weighted by Crippen LogP contribution is -2.55. The summed E-state index contributed by atoms with van der Waals surface area (Å²) >= 11 is 0. The SMILES string of the molecule is Cc1ccc(N2NC(C(=O)NCc3cccc(CN4CCOCC4)c3)=NCC2=O)cc1.